The highest BCUT2D eigenvalue weighted by Crippen LogP contribution is 2.27. The summed E-state index contributed by atoms with van der Waals surface area (Å²) < 4.78 is 10.8. The van der Waals surface area contributed by atoms with Crippen LogP contribution in [0.1, 0.15) is 18.9 Å². The molecule has 148 valence electrons. The third kappa shape index (κ3) is 4.63. The maximum Gasteiger partial charge on any atom is 0.227 e. The Bertz CT molecular complexity index is 820. The van der Waals surface area contributed by atoms with Gasteiger partial charge in [0, 0.05) is 25.2 Å². The molecule has 6 nitrogen and oxygen atoms in total. The van der Waals surface area contributed by atoms with Gasteiger partial charge in [-0.2, -0.15) is 0 Å². The topological polar surface area (TPSA) is 67.9 Å². The zero-order valence-corrected chi connectivity index (χ0v) is 16.3. The molecular weight excluding hydrogens is 356 g/mol. The van der Waals surface area contributed by atoms with Gasteiger partial charge in [-0.15, -0.1) is 0 Å². The van der Waals surface area contributed by atoms with E-state index in [1.807, 2.05) is 55.5 Å². The number of methoxy groups -OCH3 is 1. The van der Waals surface area contributed by atoms with Gasteiger partial charge in [-0.3, -0.25) is 9.59 Å². The molecule has 2 aromatic rings. The zero-order valence-electron chi connectivity index (χ0n) is 16.3. The highest BCUT2D eigenvalue weighted by atomic mass is 16.5. The summed E-state index contributed by atoms with van der Waals surface area (Å²) in [6, 6.07) is 15.1. The molecule has 0 aromatic heterocycles. The fraction of sp³-hybridized carbons (Fsp3) is 0.364. The summed E-state index contributed by atoms with van der Waals surface area (Å²) in [4.78, 5) is 26.6. The van der Waals surface area contributed by atoms with Crippen LogP contribution < -0.4 is 19.7 Å². The van der Waals surface area contributed by atoms with Crippen molar-refractivity contribution < 1.29 is 19.1 Å². The van der Waals surface area contributed by atoms with Gasteiger partial charge >= 0.3 is 0 Å². The largest absolute Gasteiger partial charge is 0.496 e. The summed E-state index contributed by atoms with van der Waals surface area (Å²) in [6.45, 7) is 3.42. The van der Waals surface area contributed by atoms with Crippen molar-refractivity contribution in [3.05, 3.63) is 54.1 Å². The minimum Gasteiger partial charge on any atom is -0.496 e. The van der Waals surface area contributed by atoms with Crippen LogP contribution in [-0.2, 0) is 16.0 Å². The monoisotopic (exact) mass is 382 g/mol. The van der Waals surface area contributed by atoms with Crippen LogP contribution in [0.3, 0.4) is 0 Å². The van der Waals surface area contributed by atoms with Gasteiger partial charge in [-0.1, -0.05) is 18.2 Å². The second-order valence-electron chi connectivity index (χ2n) is 6.69. The molecule has 2 aromatic carbocycles. The first-order chi connectivity index (χ1) is 13.6. The maximum atomic E-state index is 12.5. The Kier molecular flexibility index (Phi) is 6.53. The van der Waals surface area contributed by atoms with Gasteiger partial charge in [0.2, 0.25) is 11.8 Å². The predicted octanol–water partition coefficient (Wildman–Crippen LogP) is 2.81. The molecule has 1 heterocycles. The lowest BCUT2D eigenvalue weighted by molar-refractivity contribution is -0.126. The fourth-order valence-corrected chi connectivity index (χ4v) is 3.40. The van der Waals surface area contributed by atoms with Gasteiger partial charge in [0.15, 0.2) is 0 Å². The molecule has 1 aliphatic rings. The number of carbonyl (C=O) groups excluding carboxylic acids is 2. The average molecular weight is 382 g/mol. The minimum absolute atomic E-state index is 0.0333. The van der Waals surface area contributed by atoms with Crippen LogP contribution in [0, 0.1) is 5.92 Å². The van der Waals surface area contributed by atoms with Crippen molar-refractivity contribution in [2.75, 3.05) is 31.7 Å². The minimum atomic E-state index is -0.336. The Balaban J connectivity index is 1.53. The van der Waals surface area contributed by atoms with Crippen LogP contribution in [0.25, 0.3) is 0 Å². The molecule has 1 fully saturated rings. The van der Waals surface area contributed by atoms with Gasteiger partial charge in [0.1, 0.15) is 11.5 Å². The molecule has 0 spiro atoms. The lowest BCUT2D eigenvalue weighted by atomic mass is 10.1. The lowest BCUT2D eigenvalue weighted by Gasteiger charge is -2.17. The van der Waals surface area contributed by atoms with E-state index < -0.39 is 0 Å². The summed E-state index contributed by atoms with van der Waals surface area (Å²) in [6.07, 6.45) is 0.909. The van der Waals surface area contributed by atoms with E-state index in [-0.39, 0.29) is 24.2 Å². The molecule has 1 atom stereocenters. The van der Waals surface area contributed by atoms with Crippen LogP contribution in [0.5, 0.6) is 11.5 Å². The van der Waals surface area contributed by atoms with Crippen LogP contribution in [0.15, 0.2) is 48.5 Å². The predicted molar refractivity (Wildman–Crippen MR) is 108 cm³/mol. The zero-order chi connectivity index (χ0) is 19.9. The van der Waals surface area contributed by atoms with Crippen molar-refractivity contribution in [1.82, 2.24) is 5.32 Å². The van der Waals surface area contributed by atoms with E-state index in [1.54, 1.807) is 12.0 Å². The summed E-state index contributed by atoms with van der Waals surface area (Å²) in [5.74, 6) is 1.13. The number of anilines is 1. The van der Waals surface area contributed by atoms with E-state index in [0.29, 0.717) is 26.1 Å². The van der Waals surface area contributed by atoms with Crippen LogP contribution in [0.4, 0.5) is 5.69 Å². The van der Waals surface area contributed by atoms with Gasteiger partial charge in [-0.05, 0) is 49.2 Å². The molecule has 0 bridgehead atoms. The fourth-order valence-electron chi connectivity index (χ4n) is 3.40. The Morgan fingerprint density at radius 1 is 1.18 bits per heavy atom. The van der Waals surface area contributed by atoms with Crippen molar-refractivity contribution in [2.24, 2.45) is 5.92 Å². The summed E-state index contributed by atoms with van der Waals surface area (Å²) >= 11 is 0. The number of para-hydroxylation sites is 1. The molecule has 0 aliphatic carbocycles. The SMILES string of the molecule is CCOc1ccc(N2CC(C(=O)NCCc3ccccc3OC)CC2=O)cc1. The molecular formula is C22H26N2O4. The third-order valence-corrected chi connectivity index (χ3v) is 4.84. The number of benzene rings is 2. The average Bonchev–Trinajstić information content (AvgIpc) is 3.11. The molecule has 0 saturated carbocycles. The van der Waals surface area contributed by atoms with Crippen molar-refractivity contribution in [3.8, 4) is 11.5 Å². The van der Waals surface area contributed by atoms with Gasteiger partial charge in [-0.25, -0.2) is 0 Å². The first-order valence-electron chi connectivity index (χ1n) is 9.55. The molecule has 0 radical (unpaired) electrons. The van der Waals surface area contributed by atoms with Gasteiger partial charge < -0.3 is 19.7 Å². The van der Waals surface area contributed by atoms with Crippen LogP contribution >= 0.6 is 0 Å². The van der Waals surface area contributed by atoms with Crippen LogP contribution in [0.2, 0.25) is 0 Å². The number of nitrogens with one attached hydrogen (secondary N) is 1. The molecule has 28 heavy (non-hydrogen) atoms. The summed E-state index contributed by atoms with van der Waals surface area (Å²) in [7, 11) is 1.64. The van der Waals surface area contributed by atoms with Crippen molar-refractivity contribution in [3.63, 3.8) is 0 Å². The van der Waals surface area contributed by atoms with Crippen molar-refractivity contribution in [2.45, 2.75) is 19.8 Å². The van der Waals surface area contributed by atoms with E-state index in [0.717, 1.165) is 22.7 Å². The second kappa shape index (κ2) is 9.26. The van der Waals surface area contributed by atoms with E-state index in [4.69, 9.17) is 9.47 Å². The summed E-state index contributed by atoms with van der Waals surface area (Å²) in [5, 5.41) is 2.95. The second-order valence-corrected chi connectivity index (χ2v) is 6.69. The van der Waals surface area contributed by atoms with E-state index in [2.05, 4.69) is 5.32 Å². The van der Waals surface area contributed by atoms with Gasteiger partial charge in [0.05, 0.1) is 19.6 Å². The van der Waals surface area contributed by atoms with Crippen molar-refractivity contribution >= 4 is 17.5 Å². The van der Waals surface area contributed by atoms with Crippen molar-refractivity contribution in [1.29, 1.82) is 0 Å². The quantitative estimate of drug-likeness (QED) is 0.762. The third-order valence-electron chi connectivity index (χ3n) is 4.84. The maximum absolute atomic E-state index is 12.5. The number of rotatable bonds is 8. The van der Waals surface area contributed by atoms with E-state index >= 15 is 0 Å². The van der Waals surface area contributed by atoms with Gasteiger partial charge in [0.25, 0.3) is 0 Å². The number of carbonyl (C=O) groups is 2. The molecule has 1 aliphatic heterocycles. The first kappa shape index (κ1) is 19.7. The number of hydrogen-bond acceptors (Lipinski definition) is 4. The molecule has 1 saturated heterocycles. The summed E-state index contributed by atoms with van der Waals surface area (Å²) in [5.41, 5.74) is 1.83. The standard InChI is InChI=1S/C22H26N2O4/c1-3-28-19-10-8-18(9-11-19)24-15-17(14-21(24)25)22(26)23-13-12-16-6-4-5-7-20(16)27-2/h4-11,17H,3,12-15H2,1-2H3,(H,23,26). The molecule has 6 heteroatoms. The highest BCUT2D eigenvalue weighted by Gasteiger charge is 2.34. The Hall–Kier alpha value is -3.02. The molecule has 3 rings (SSSR count). The Morgan fingerprint density at radius 2 is 1.93 bits per heavy atom. The normalized spacial score (nSPS) is 16.1. The first-order valence-corrected chi connectivity index (χ1v) is 9.55. The smallest absolute Gasteiger partial charge is 0.227 e. The molecule has 2 amide bonds. The lowest BCUT2D eigenvalue weighted by Crippen LogP contribution is -2.34. The van der Waals surface area contributed by atoms with E-state index in [9.17, 15) is 9.59 Å². The molecule has 1 unspecified atom stereocenters. The Labute approximate surface area is 165 Å². The number of ether oxygens (including phenoxy) is 2. The number of amides is 2. The number of nitrogens with zero attached hydrogens (tertiary/aromatic N) is 1. The Morgan fingerprint density at radius 3 is 2.64 bits per heavy atom. The number of hydrogen-bond donors (Lipinski definition) is 1. The highest BCUT2D eigenvalue weighted by molar-refractivity contribution is 6.00. The van der Waals surface area contributed by atoms with E-state index in [1.165, 1.54) is 0 Å². The molecule has 1 N–H and O–H groups in total. The van der Waals surface area contributed by atoms with Crippen LogP contribution in [-0.4, -0.2) is 38.6 Å².